The summed E-state index contributed by atoms with van der Waals surface area (Å²) in [5.41, 5.74) is 0. The Morgan fingerprint density at radius 1 is 1.42 bits per heavy atom. The zero-order valence-electron chi connectivity index (χ0n) is 6.55. The summed E-state index contributed by atoms with van der Waals surface area (Å²) in [6.45, 7) is 2.17. The van der Waals surface area contributed by atoms with Gasteiger partial charge in [0.1, 0.15) is 6.33 Å². The van der Waals surface area contributed by atoms with Gasteiger partial charge < -0.3 is 4.74 Å². The van der Waals surface area contributed by atoms with E-state index in [2.05, 4.69) is 9.97 Å². The SMILES string of the molecule is CCCOc1ncnc(F)c1F. The smallest absolute Gasteiger partial charge is 0.256 e. The molecule has 1 rings (SSSR count). The standard InChI is InChI=1S/C7H8F2N2O/c1-2-3-12-7-5(8)6(9)10-4-11-7/h4H,2-3H2,1H3. The van der Waals surface area contributed by atoms with Gasteiger partial charge in [0, 0.05) is 0 Å². The molecule has 0 unspecified atom stereocenters. The van der Waals surface area contributed by atoms with Crippen LogP contribution in [0.5, 0.6) is 5.88 Å². The van der Waals surface area contributed by atoms with Crippen LogP contribution in [-0.4, -0.2) is 16.6 Å². The van der Waals surface area contributed by atoms with Crippen LogP contribution in [0.3, 0.4) is 0 Å². The number of ether oxygens (including phenoxy) is 1. The molecule has 1 aromatic rings. The summed E-state index contributed by atoms with van der Waals surface area (Å²) in [6.07, 6.45) is 1.63. The molecule has 0 spiro atoms. The lowest BCUT2D eigenvalue weighted by atomic mass is 10.5. The molecule has 66 valence electrons. The van der Waals surface area contributed by atoms with Crippen molar-refractivity contribution in [2.45, 2.75) is 13.3 Å². The first kappa shape index (κ1) is 8.83. The van der Waals surface area contributed by atoms with Crippen molar-refractivity contribution in [1.29, 1.82) is 0 Å². The summed E-state index contributed by atoms with van der Waals surface area (Å²) in [6, 6.07) is 0. The molecule has 0 amide bonds. The van der Waals surface area contributed by atoms with E-state index in [1.54, 1.807) is 0 Å². The Morgan fingerprint density at radius 3 is 2.83 bits per heavy atom. The van der Waals surface area contributed by atoms with E-state index >= 15 is 0 Å². The first-order valence-electron chi connectivity index (χ1n) is 3.54. The second-order valence-electron chi connectivity index (χ2n) is 2.13. The molecule has 0 aliphatic carbocycles. The van der Waals surface area contributed by atoms with Gasteiger partial charge >= 0.3 is 0 Å². The van der Waals surface area contributed by atoms with Crippen LogP contribution < -0.4 is 4.74 Å². The number of rotatable bonds is 3. The van der Waals surface area contributed by atoms with Crippen LogP contribution in [0.1, 0.15) is 13.3 Å². The lowest BCUT2D eigenvalue weighted by Crippen LogP contribution is -2.02. The zero-order chi connectivity index (χ0) is 8.97. The first-order valence-corrected chi connectivity index (χ1v) is 3.54. The van der Waals surface area contributed by atoms with Crippen LogP contribution in [-0.2, 0) is 0 Å². The number of hydrogen-bond donors (Lipinski definition) is 0. The predicted molar refractivity (Wildman–Crippen MR) is 37.7 cm³/mol. The van der Waals surface area contributed by atoms with Crippen molar-refractivity contribution in [1.82, 2.24) is 9.97 Å². The van der Waals surface area contributed by atoms with E-state index < -0.39 is 11.8 Å². The van der Waals surface area contributed by atoms with Crippen LogP contribution in [0.2, 0.25) is 0 Å². The minimum Gasteiger partial charge on any atom is -0.475 e. The molecule has 0 N–H and O–H groups in total. The van der Waals surface area contributed by atoms with Gasteiger partial charge in [0.25, 0.3) is 11.8 Å². The molecule has 0 radical (unpaired) electrons. The van der Waals surface area contributed by atoms with Gasteiger partial charge in [-0.05, 0) is 6.42 Å². The third-order valence-electron chi connectivity index (χ3n) is 1.16. The summed E-state index contributed by atoms with van der Waals surface area (Å²) in [5, 5.41) is 0. The summed E-state index contributed by atoms with van der Waals surface area (Å²) >= 11 is 0. The molecule has 1 aromatic heterocycles. The molecule has 0 aliphatic heterocycles. The minimum atomic E-state index is -1.18. The first-order chi connectivity index (χ1) is 5.75. The fourth-order valence-corrected chi connectivity index (χ4v) is 0.633. The Hall–Kier alpha value is -1.26. The third-order valence-corrected chi connectivity index (χ3v) is 1.16. The number of nitrogens with zero attached hydrogens (tertiary/aromatic N) is 2. The fourth-order valence-electron chi connectivity index (χ4n) is 0.633. The highest BCUT2D eigenvalue weighted by Gasteiger charge is 2.10. The summed E-state index contributed by atoms with van der Waals surface area (Å²) < 4.78 is 29.9. The lowest BCUT2D eigenvalue weighted by Gasteiger charge is -2.02. The van der Waals surface area contributed by atoms with Gasteiger partial charge in [0.05, 0.1) is 6.61 Å². The summed E-state index contributed by atoms with van der Waals surface area (Å²) in [7, 11) is 0. The molecule has 0 bridgehead atoms. The molecule has 1 heterocycles. The van der Waals surface area contributed by atoms with Crippen LogP contribution in [0.4, 0.5) is 8.78 Å². The average molecular weight is 174 g/mol. The Bertz CT molecular complexity index is 268. The van der Waals surface area contributed by atoms with E-state index in [9.17, 15) is 8.78 Å². The van der Waals surface area contributed by atoms with Crippen LogP contribution in [0.25, 0.3) is 0 Å². The predicted octanol–water partition coefficient (Wildman–Crippen LogP) is 1.54. The molecule has 5 heteroatoms. The molecular formula is C7H8F2N2O. The largest absolute Gasteiger partial charge is 0.475 e. The molecule has 3 nitrogen and oxygen atoms in total. The van der Waals surface area contributed by atoms with Gasteiger partial charge in [-0.25, -0.2) is 4.98 Å². The second kappa shape index (κ2) is 3.94. The van der Waals surface area contributed by atoms with Crippen molar-refractivity contribution in [2.24, 2.45) is 0 Å². The van der Waals surface area contributed by atoms with Gasteiger partial charge in [0.15, 0.2) is 0 Å². The summed E-state index contributed by atoms with van der Waals surface area (Å²) in [4.78, 5) is 6.44. The molecule has 0 saturated carbocycles. The Morgan fingerprint density at radius 2 is 2.17 bits per heavy atom. The van der Waals surface area contributed by atoms with Crippen molar-refractivity contribution in [2.75, 3.05) is 6.61 Å². The van der Waals surface area contributed by atoms with Crippen molar-refractivity contribution >= 4 is 0 Å². The molecular weight excluding hydrogens is 166 g/mol. The minimum absolute atomic E-state index is 0.313. The van der Waals surface area contributed by atoms with E-state index in [1.165, 1.54) is 0 Å². The summed E-state index contributed by atoms with van der Waals surface area (Å²) in [5.74, 6) is -2.65. The Labute approximate surface area is 68.4 Å². The van der Waals surface area contributed by atoms with Gasteiger partial charge in [-0.15, -0.1) is 0 Å². The Balaban J connectivity index is 2.78. The van der Waals surface area contributed by atoms with Crippen molar-refractivity contribution < 1.29 is 13.5 Å². The topological polar surface area (TPSA) is 35.0 Å². The van der Waals surface area contributed by atoms with Crippen molar-refractivity contribution in [3.05, 3.63) is 18.1 Å². The van der Waals surface area contributed by atoms with Gasteiger partial charge in [-0.1, -0.05) is 6.92 Å². The van der Waals surface area contributed by atoms with E-state index in [4.69, 9.17) is 4.74 Å². The Kier molecular flexibility index (Phi) is 2.90. The molecule has 0 aromatic carbocycles. The maximum absolute atomic E-state index is 12.7. The van der Waals surface area contributed by atoms with Gasteiger partial charge in [-0.2, -0.15) is 13.8 Å². The van der Waals surface area contributed by atoms with E-state index in [0.29, 0.717) is 13.0 Å². The molecule has 0 aliphatic rings. The maximum atomic E-state index is 12.7. The highest BCUT2D eigenvalue weighted by atomic mass is 19.2. The number of aromatic nitrogens is 2. The van der Waals surface area contributed by atoms with E-state index in [-0.39, 0.29) is 5.88 Å². The lowest BCUT2D eigenvalue weighted by molar-refractivity contribution is 0.278. The van der Waals surface area contributed by atoms with Gasteiger partial charge in [0.2, 0.25) is 5.82 Å². The highest BCUT2D eigenvalue weighted by molar-refractivity contribution is 5.09. The monoisotopic (exact) mass is 174 g/mol. The molecule has 0 fully saturated rings. The average Bonchev–Trinajstić information content (AvgIpc) is 2.08. The molecule has 0 atom stereocenters. The maximum Gasteiger partial charge on any atom is 0.256 e. The third kappa shape index (κ3) is 1.87. The van der Waals surface area contributed by atoms with Crippen LogP contribution >= 0.6 is 0 Å². The fraction of sp³-hybridized carbons (Fsp3) is 0.429. The molecule has 0 saturated heterocycles. The van der Waals surface area contributed by atoms with Crippen LogP contribution in [0.15, 0.2) is 6.33 Å². The van der Waals surface area contributed by atoms with E-state index in [1.807, 2.05) is 6.92 Å². The molecule has 12 heavy (non-hydrogen) atoms. The quantitative estimate of drug-likeness (QED) is 0.652. The number of hydrogen-bond acceptors (Lipinski definition) is 3. The van der Waals surface area contributed by atoms with Crippen molar-refractivity contribution in [3.8, 4) is 5.88 Å². The highest BCUT2D eigenvalue weighted by Crippen LogP contribution is 2.13. The van der Waals surface area contributed by atoms with Crippen LogP contribution in [0, 0.1) is 11.8 Å². The van der Waals surface area contributed by atoms with E-state index in [0.717, 1.165) is 6.33 Å². The van der Waals surface area contributed by atoms with Gasteiger partial charge in [-0.3, -0.25) is 0 Å². The second-order valence-corrected chi connectivity index (χ2v) is 2.13. The van der Waals surface area contributed by atoms with Crippen molar-refractivity contribution in [3.63, 3.8) is 0 Å². The number of halogens is 2. The zero-order valence-corrected chi connectivity index (χ0v) is 6.55. The normalized spacial score (nSPS) is 9.92.